The van der Waals surface area contributed by atoms with E-state index < -0.39 is 0 Å². The van der Waals surface area contributed by atoms with Crippen LogP contribution in [-0.2, 0) is 6.54 Å². The third kappa shape index (κ3) is 3.29. The number of hydrogen-bond acceptors (Lipinski definition) is 7. The van der Waals surface area contributed by atoms with Crippen molar-refractivity contribution in [2.75, 3.05) is 17.7 Å². The number of benzene rings is 2. The zero-order chi connectivity index (χ0) is 19.0. The maximum absolute atomic E-state index is 10.0. The number of aryl methyl sites for hydroxylation is 1. The van der Waals surface area contributed by atoms with Gasteiger partial charge >= 0.3 is 0 Å². The molecule has 1 aliphatic heterocycles. The zero-order valence-electron chi connectivity index (χ0n) is 14.7. The molecular weight excluding hydrogens is 368 g/mol. The maximum Gasteiger partial charge on any atom is 0.248 e. The van der Waals surface area contributed by atoms with Crippen molar-refractivity contribution >= 4 is 28.8 Å². The summed E-state index contributed by atoms with van der Waals surface area (Å²) in [6, 6.07) is 8.88. The second-order valence-corrected chi connectivity index (χ2v) is 6.49. The van der Waals surface area contributed by atoms with E-state index in [1.807, 2.05) is 25.1 Å². The second-order valence-electron chi connectivity index (χ2n) is 6.08. The van der Waals surface area contributed by atoms with E-state index in [1.165, 1.54) is 13.4 Å². The van der Waals surface area contributed by atoms with Crippen molar-refractivity contribution in [3.05, 3.63) is 52.8 Å². The Kier molecular flexibility index (Phi) is 4.37. The van der Waals surface area contributed by atoms with Crippen molar-refractivity contribution in [2.45, 2.75) is 13.5 Å². The summed E-state index contributed by atoms with van der Waals surface area (Å²) in [5, 5.41) is 17.2. The number of halogens is 1. The van der Waals surface area contributed by atoms with Gasteiger partial charge in [-0.25, -0.2) is 4.98 Å². The summed E-state index contributed by atoms with van der Waals surface area (Å²) in [5.41, 5.74) is 3.21. The predicted octanol–water partition coefficient (Wildman–Crippen LogP) is 4.61. The molecule has 0 amide bonds. The van der Waals surface area contributed by atoms with E-state index in [4.69, 9.17) is 21.1 Å². The number of methoxy groups -OCH3 is 1. The largest absolute Gasteiger partial charge is 0.504 e. The molecule has 2 aromatic carbocycles. The number of aromatic hydroxyl groups is 1. The van der Waals surface area contributed by atoms with Gasteiger partial charge in [0.1, 0.15) is 17.8 Å². The van der Waals surface area contributed by atoms with Crippen LogP contribution < -0.4 is 20.1 Å². The highest BCUT2D eigenvalue weighted by Crippen LogP contribution is 2.42. The first-order valence-electron chi connectivity index (χ1n) is 8.25. The number of ether oxygens (including phenoxy) is 2. The molecule has 4 rings (SSSR count). The van der Waals surface area contributed by atoms with Gasteiger partial charge in [0, 0.05) is 28.9 Å². The SMILES string of the molecule is COc1cc2c(cc1O)CNc1c(Nc3ccc(Cl)c(C)c3)ncnc1O2. The summed E-state index contributed by atoms with van der Waals surface area (Å²) in [6.45, 7) is 2.37. The standard InChI is InChI=1S/C19H17ClN4O3/c1-10-5-12(3-4-13(10)20)24-18-17-19(23-9-22-18)27-15-7-16(26-2)14(25)6-11(15)8-21-17/h3-7,9,21,25H,8H2,1-2H3,(H,22,23,24). The molecule has 0 radical (unpaired) electrons. The van der Waals surface area contributed by atoms with E-state index in [2.05, 4.69) is 20.6 Å². The minimum Gasteiger partial charge on any atom is -0.504 e. The predicted molar refractivity (Wildman–Crippen MR) is 104 cm³/mol. The van der Waals surface area contributed by atoms with Crippen molar-refractivity contribution in [1.82, 2.24) is 9.97 Å². The molecule has 8 heteroatoms. The lowest BCUT2D eigenvalue weighted by Gasteiger charge is -2.13. The molecule has 0 spiro atoms. The van der Waals surface area contributed by atoms with Gasteiger partial charge in [0.05, 0.1) is 7.11 Å². The Bertz CT molecular complexity index is 1030. The molecule has 3 aromatic rings. The summed E-state index contributed by atoms with van der Waals surface area (Å²) in [5.74, 6) is 1.90. The fraction of sp³-hybridized carbons (Fsp3) is 0.158. The highest BCUT2D eigenvalue weighted by atomic mass is 35.5. The Hall–Kier alpha value is -3.19. The summed E-state index contributed by atoms with van der Waals surface area (Å²) in [7, 11) is 1.49. The van der Waals surface area contributed by atoms with E-state index in [-0.39, 0.29) is 5.75 Å². The quantitative estimate of drug-likeness (QED) is 0.607. The lowest BCUT2D eigenvalue weighted by molar-refractivity contribution is 0.368. The summed E-state index contributed by atoms with van der Waals surface area (Å²) >= 11 is 6.09. The van der Waals surface area contributed by atoms with Gasteiger partial charge < -0.3 is 25.2 Å². The van der Waals surface area contributed by atoms with Crippen LogP contribution in [0, 0.1) is 6.92 Å². The van der Waals surface area contributed by atoms with Crippen LogP contribution in [0.1, 0.15) is 11.1 Å². The third-order valence-corrected chi connectivity index (χ3v) is 4.68. The molecule has 0 saturated carbocycles. The number of anilines is 3. The number of rotatable bonds is 3. The molecule has 0 fully saturated rings. The van der Waals surface area contributed by atoms with Crippen LogP contribution in [0.4, 0.5) is 17.2 Å². The van der Waals surface area contributed by atoms with Crippen molar-refractivity contribution < 1.29 is 14.6 Å². The monoisotopic (exact) mass is 384 g/mol. The highest BCUT2D eigenvalue weighted by Gasteiger charge is 2.21. The Labute approximate surface area is 160 Å². The van der Waals surface area contributed by atoms with E-state index >= 15 is 0 Å². The van der Waals surface area contributed by atoms with E-state index in [0.717, 1.165) is 16.8 Å². The molecule has 0 saturated heterocycles. The van der Waals surface area contributed by atoms with E-state index in [9.17, 15) is 5.11 Å². The Morgan fingerprint density at radius 1 is 1.26 bits per heavy atom. The van der Waals surface area contributed by atoms with Gasteiger partial charge in [-0.15, -0.1) is 0 Å². The molecule has 0 aliphatic carbocycles. The minimum atomic E-state index is 0.0497. The number of hydrogen-bond donors (Lipinski definition) is 3. The lowest BCUT2D eigenvalue weighted by atomic mass is 10.1. The summed E-state index contributed by atoms with van der Waals surface area (Å²) < 4.78 is 11.1. The van der Waals surface area contributed by atoms with Crippen LogP contribution >= 0.6 is 11.6 Å². The molecule has 138 valence electrons. The first kappa shape index (κ1) is 17.2. The topological polar surface area (TPSA) is 88.5 Å². The maximum atomic E-state index is 10.0. The Balaban J connectivity index is 1.69. The van der Waals surface area contributed by atoms with Crippen LogP contribution in [0.25, 0.3) is 0 Å². The smallest absolute Gasteiger partial charge is 0.248 e. The van der Waals surface area contributed by atoms with Crippen molar-refractivity contribution in [3.63, 3.8) is 0 Å². The normalized spacial score (nSPS) is 12.1. The fourth-order valence-electron chi connectivity index (χ4n) is 2.84. The van der Waals surface area contributed by atoms with Gasteiger partial charge in [-0.3, -0.25) is 0 Å². The van der Waals surface area contributed by atoms with Crippen molar-refractivity contribution in [3.8, 4) is 23.1 Å². The van der Waals surface area contributed by atoms with Gasteiger partial charge in [0.15, 0.2) is 17.3 Å². The van der Waals surface area contributed by atoms with Crippen molar-refractivity contribution in [2.24, 2.45) is 0 Å². The molecular formula is C19H17ClN4O3. The number of phenols is 1. The van der Waals surface area contributed by atoms with Crippen LogP contribution in [0.3, 0.4) is 0 Å². The van der Waals surface area contributed by atoms with Gasteiger partial charge in [0.2, 0.25) is 5.88 Å². The molecule has 27 heavy (non-hydrogen) atoms. The summed E-state index contributed by atoms with van der Waals surface area (Å²) in [6.07, 6.45) is 1.42. The van der Waals surface area contributed by atoms with E-state index in [0.29, 0.717) is 40.5 Å². The molecule has 1 aliphatic rings. The third-order valence-electron chi connectivity index (χ3n) is 4.26. The fourth-order valence-corrected chi connectivity index (χ4v) is 2.96. The average molecular weight is 385 g/mol. The number of fused-ring (bicyclic) bond motifs is 2. The first-order valence-corrected chi connectivity index (χ1v) is 8.62. The Morgan fingerprint density at radius 3 is 2.89 bits per heavy atom. The molecule has 3 N–H and O–H groups in total. The van der Waals surface area contributed by atoms with Gasteiger partial charge in [-0.05, 0) is 36.8 Å². The number of nitrogens with one attached hydrogen (secondary N) is 2. The minimum absolute atomic E-state index is 0.0497. The van der Waals surface area contributed by atoms with E-state index in [1.54, 1.807) is 12.1 Å². The number of nitrogens with zero attached hydrogens (tertiary/aromatic N) is 2. The van der Waals surface area contributed by atoms with Crippen molar-refractivity contribution in [1.29, 1.82) is 0 Å². The van der Waals surface area contributed by atoms with Gasteiger partial charge in [-0.2, -0.15) is 4.98 Å². The second kappa shape index (κ2) is 6.85. The van der Waals surface area contributed by atoms with Gasteiger partial charge in [-0.1, -0.05) is 11.6 Å². The molecule has 0 unspecified atom stereocenters. The molecule has 0 bridgehead atoms. The van der Waals surface area contributed by atoms with Crippen LogP contribution in [-0.4, -0.2) is 22.2 Å². The molecule has 7 nitrogen and oxygen atoms in total. The first-order chi connectivity index (χ1) is 13.0. The number of phenolic OH excluding ortho intramolecular Hbond substituents is 1. The molecule has 1 aromatic heterocycles. The lowest BCUT2D eigenvalue weighted by Crippen LogP contribution is -2.04. The van der Waals surface area contributed by atoms with Crippen LogP contribution in [0.15, 0.2) is 36.7 Å². The number of aromatic nitrogens is 2. The van der Waals surface area contributed by atoms with Gasteiger partial charge in [0.25, 0.3) is 0 Å². The highest BCUT2D eigenvalue weighted by molar-refractivity contribution is 6.31. The molecule has 2 heterocycles. The average Bonchev–Trinajstić information content (AvgIpc) is 2.83. The van der Waals surface area contributed by atoms with Crippen LogP contribution in [0.5, 0.6) is 23.1 Å². The molecule has 0 atom stereocenters. The Morgan fingerprint density at radius 2 is 2.11 bits per heavy atom. The zero-order valence-corrected chi connectivity index (χ0v) is 15.5. The van der Waals surface area contributed by atoms with Crippen LogP contribution in [0.2, 0.25) is 5.02 Å². The summed E-state index contributed by atoms with van der Waals surface area (Å²) in [4.78, 5) is 8.55.